The van der Waals surface area contributed by atoms with Crippen LogP contribution in [0.15, 0.2) is 18.2 Å². The number of hydrogen-bond acceptors (Lipinski definition) is 4. The number of hydrogen-bond donors (Lipinski definition) is 2. The van der Waals surface area contributed by atoms with Crippen LogP contribution < -0.4 is 11.1 Å². The summed E-state index contributed by atoms with van der Waals surface area (Å²) in [5.41, 5.74) is 7.58. The fourth-order valence-electron chi connectivity index (χ4n) is 2.40. The molecule has 3 N–H and O–H groups in total. The zero-order chi connectivity index (χ0) is 11.7. The summed E-state index contributed by atoms with van der Waals surface area (Å²) in [5.74, 6) is 0.908. The highest BCUT2D eigenvalue weighted by molar-refractivity contribution is 5.38. The van der Waals surface area contributed by atoms with E-state index in [-0.39, 0.29) is 0 Å². The van der Waals surface area contributed by atoms with E-state index in [4.69, 9.17) is 5.73 Å². The lowest BCUT2D eigenvalue weighted by atomic mass is 10.1. The van der Waals surface area contributed by atoms with Gasteiger partial charge < -0.3 is 11.1 Å². The van der Waals surface area contributed by atoms with Gasteiger partial charge in [0.25, 0.3) is 0 Å². The van der Waals surface area contributed by atoms with Gasteiger partial charge in [-0.1, -0.05) is 6.07 Å². The molecule has 2 aromatic heterocycles. The Bertz CT molecular complexity index is 513. The summed E-state index contributed by atoms with van der Waals surface area (Å²) in [4.78, 5) is 4.54. The summed E-state index contributed by atoms with van der Waals surface area (Å²) >= 11 is 0. The van der Waals surface area contributed by atoms with Crippen LogP contribution in [0, 0.1) is 0 Å². The van der Waals surface area contributed by atoms with Crippen LogP contribution in [-0.2, 0) is 13.0 Å². The summed E-state index contributed by atoms with van der Waals surface area (Å²) in [6.07, 6.45) is 3.39. The molecular formula is C12H17N5. The minimum atomic E-state index is 0.488. The fraction of sp³-hybridized carbons (Fsp3) is 0.500. The Hall–Kier alpha value is -1.46. The Morgan fingerprint density at radius 2 is 2.41 bits per heavy atom. The molecule has 0 saturated carbocycles. The minimum Gasteiger partial charge on any atom is -0.325 e. The van der Waals surface area contributed by atoms with Crippen LogP contribution >= 0.6 is 0 Å². The van der Waals surface area contributed by atoms with E-state index in [9.17, 15) is 0 Å². The Morgan fingerprint density at radius 3 is 3.18 bits per heavy atom. The number of fused-ring (bicyclic) bond motifs is 1. The van der Waals surface area contributed by atoms with Gasteiger partial charge in [0.1, 0.15) is 0 Å². The molecule has 1 atom stereocenters. The van der Waals surface area contributed by atoms with Gasteiger partial charge in [0.2, 0.25) is 0 Å². The Kier molecular flexibility index (Phi) is 2.78. The van der Waals surface area contributed by atoms with E-state index in [0.717, 1.165) is 30.1 Å². The summed E-state index contributed by atoms with van der Waals surface area (Å²) < 4.78 is 1.85. The molecule has 3 rings (SSSR count). The van der Waals surface area contributed by atoms with Crippen LogP contribution in [-0.4, -0.2) is 27.2 Å². The molecule has 0 aliphatic carbocycles. The molecule has 2 aromatic rings. The molecule has 1 saturated heterocycles. The van der Waals surface area contributed by atoms with Gasteiger partial charge in [0, 0.05) is 19.0 Å². The van der Waals surface area contributed by atoms with Gasteiger partial charge in [0.05, 0.1) is 5.69 Å². The van der Waals surface area contributed by atoms with Crippen molar-refractivity contribution in [3.8, 4) is 0 Å². The maximum absolute atomic E-state index is 5.69. The van der Waals surface area contributed by atoms with Crippen LogP contribution in [0.25, 0.3) is 5.65 Å². The molecule has 5 heteroatoms. The molecule has 1 fully saturated rings. The molecule has 90 valence electrons. The number of nitrogens with zero attached hydrogens (tertiary/aromatic N) is 3. The third kappa shape index (κ3) is 2.03. The van der Waals surface area contributed by atoms with E-state index in [1.54, 1.807) is 0 Å². The van der Waals surface area contributed by atoms with E-state index in [2.05, 4.69) is 15.4 Å². The first-order valence-corrected chi connectivity index (χ1v) is 6.14. The molecule has 0 bridgehead atoms. The van der Waals surface area contributed by atoms with Crippen molar-refractivity contribution in [1.82, 2.24) is 19.9 Å². The number of nitrogens with one attached hydrogen (secondary N) is 1. The van der Waals surface area contributed by atoms with Crippen LogP contribution in [0.3, 0.4) is 0 Å². The predicted molar refractivity (Wildman–Crippen MR) is 65.6 cm³/mol. The normalized spacial score (nSPS) is 20.2. The van der Waals surface area contributed by atoms with Crippen molar-refractivity contribution in [3.05, 3.63) is 29.7 Å². The van der Waals surface area contributed by atoms with Crippen molar-refractivity contribution < 1.29 is 0 Å². The molecule has 0 aromatic carbocycles. The largest absolute Gasteiger partial charge is 0.325 e. The highest BCUT2D eigenvalue weighted by Crippen LogP contribution is 2.11. The van der Waals surface area contributed by atoms with Gasteiger partial charge in [-0.3, -0.25) is 0 Å². The van der Waals surface area contributed by atoms with Crippen LogP contribution in [0.5, 0.6) is 0 Å². The highest BCUT2D eigenvalue weighted by Gasteiger charge is 2.17. The number of nitrogens with two attached hydrogens (primary N) is 1. The summed E-state index contributed by atoms with van der Waals surface area (Å²) in [6, 6.07) is 6.47. The molecule has 0 spiro atoms. The first-order chi connectivity index (χ1) is 8.36. The van der Waals surface area contributed by atoms with Gasteiger partial charge in [0.15, 0.2) is 11.5 Å². The van der Waals surface area contributed by atoms with Crippen molar-refractivity contribution >= 4 is 5.65 Å². The average Bonchev–Trinajstić information content (AvgIpc) is 2.97. The average molecular weight is 231 g/mol. The van der Waals surface area contributed by atoms with E-state index >= 15 is 0 Å². The molecule has 0 amide bonds. The fourth-order valence-corrected chi connectivity index (χ4v) is 2.40. The van der Waals surface area contributed by atoms with Gasteiger partial charge in [-0.25, -0.2) is 9.50 Å². The van der Waals surface area contributed by atoms with Gasteiger partial charge in [-0.05, 0) is 31.5 Å². The van der Waals surface area contributed by atoms with E-state index in [0.29, 0.717) is 12.6 Å². The van der Waals surface area contributed by atoms with Gasteiger partial charge in [-0.15, -0.1) is 0 Å². The second-order valence-electron chi connectivity index (χ2n) is 4.52. The zero-order valence-corrected chi connectivity index (χ0v) is 9.76. The molecule has 0 radical (unpaired) electrons. The summed E-state index contributed by atoms with van der Waals surface area (Å²) in [6.45, 7) is 1.61. The zero-order valence-electron chi connectivity index (χ0n) is 9.76. The van der Waals surface area contributed by atoms with Crippen molar-refractivity contribution in [2.75, 3.05) is 6.54 Å². The first-order valence-electron chi connectivity index (χ1n) is 6.14. The number of pyridine rings is 1. The Labute approximate surface area is 100 Å². The molecular weight excluding hydrogens is 214 g/mol. The lowest BCUT2D eigenvalue weighted by Gasteiger charge is -2.05. The molecule has 5 nitrogen and oxygen atoms in total. The van der Waals surface area contributed by atoms with Crippen molar-refractivity contribution in [2.45, 2.75) is 31.8 Å². The molecule has 1 unspecified atom stereocenters. The second kappa shape index (κ2) is 4.43. The quantitative estimate of drug-likeness (QED) is 0.806. The molecule has 3 heterocycles. The summed E-state index contributed by atoms with van der Waals surface area (Å²) in [5, 5.41) is 8.00. The highest BCUT2D eigenvalue weighted by atomic mass is 15.3. The van der Waals surface area contributed by atoms with Gasteiger partial charge >= 0.3 is 0 Å². The first kappa shape index (κ1) is 10.7. The van der Waals surface area contributed by atoms with Crippen molar-refractivity contribution in [3.63, 3.8) is 0 Å². The molecule has 1 aliphatic heterocycles. The van der Waals surface area contributed by atoms with Crippen LogP contribution in [0.4, 0.5) is 0 Å². The van der Waals surface area contributed by atoms with Crippen LogP contribution in [0.1, 0.15) is 24.4 Å². The predicted octanol–water partition coefficient (Wildman–Crippen LogP) is 0.482. The van der Waals surface area contributed by atoms with Crippen molar-refractivity contribution in [2.24, 2.45) is 5.73 Å². The smallest absolute Gasteiger partial charge is 0.155 e. The third-order valence-electron chi connectivity index (χ3n) is 3.28. The number of aromatic nitrogens is 3. The maximum Gasteiger partial charge on any atom is 0.155 e. The topological polar surface area (TPSA) is 68.2 Å². The standard InChI is InChI=1S/C12H17N5/c13-8-10-4-1-5-12-15-11(16-17(10)12)7-9-3-2-6-14-9/h1,4-5,9,14H,2-3,6-8,13H2. The van der Waals surface area contributed by atoms with E-state index in [1.807, 2.05) is 22.7 Å². The summed E-state index contributed by atoms with van der Waals surface area (Å²) in [7, 11) is 0. The number of rotatable bonds is 3. The Morgan fingerprint density at radius 1 is 1.47 bits per heavy atom. The van der Waals surface area contributed by atoms with E-state index in [1.165, 1.54) is 12.8 Å². The van der Waals surface area contributed by atoms with Gasteiger partial charge in [-0.2, -0.15) is 5.10 Å². The molecule has 1 aliphatic rings. The van der Waals surface area contributed by atoms with E-state index < -0.39 is 0 Å². The lowest BCUT2D eigenvalue weighted by molar-refractivity contribution is 0.584. The molecule has 17 heavy (non-hydrogen) atoms. The Balaban J connectivity index is 1.90. The van der Waals surface area contributed by atoms with Crippen LogP contribution in [0.2, 0.25) is 0 Å². The minimum absolute atomic E-state index is 0.488. The third-order valence-corrected chi connectivity index (χ3v) is 3.28. The van der Waals surface area contributed by atoms with Crippen molar-refractivity contribution in [1.29, 1.82) is 0 Å². The lowest BCUT2D eigenvalue weighted by Crippen LogP contribution is -2.24. The monoisotopic (exact) mass is 231 g/mol. The maximum atomic E-state index is 5.69. The SMILES string of the molecule is NCc1cccc2nc(CC3CCCN3)nn12. The second-order valence-corrected chi connectivity index (χ2v) is 4.52.